The first-order valence-electron chi connectivity index (χ1n) is 11.0. The van der Waals surface area contributed by atoms with Crippen molar-refractivity contribution in [1.29, 1.82) is 0 Å². The summed E-state index contributed by atoms with van der Waals surface area (Å²) in [7, 11) is 0. The van der Waals surface area contributed by atoms with Crippen LogP contribution in [0.4, 0.5) is 4.79 Å². The van der Waals surface area contributed by atoms with Crippen LogP contribution < -0.4 is 5.32 Å². The molecule has 1 aromatic heterocycles. The lowest BCUT2D eigenvalue weighted by atomic mass is 9.90. The maximum Gasteiger partial charge on any atom is 0.317 e. The molecule has 152 valence electrons. The molecule has 3 rings (SSSR count). The van der Waals surface area contributed by atoms with Gasteiger partial charge in [-0.15, -0.1) is 0 Å². The minimum atomic E-state index is 0.0524. The number of nitrogens with zero attached hydrogens (tertiary/aromatic N) is 4. The van der Waals surface area contributed by atoms with Crippen LogP contribution in [-0.2, 0) is 13.1 Å². The van der Waals surface area contributed by atoms with Crippen molar-refractivity contribution in [2.24, 2.45) is 5.92 Å². The van der Waals surface area contributed by atoms with Gasteiger partial charge in [-0.3, -0.25) is 4.68 Å². The van der Waals surface area contributed by atoms with E-state index in [0.717, 1.165) is 31.2 Å². The monoisotopic (exact) mass is 375 g/mol. The fraction of sp³-hybridized carbons (Fsp3) is 0.810. The molecule has 1 aliphatic carbocycles. The Morgan fingerprint density at radius 1 is 1.22 bits per heavy atom. The topological polar surface area (TPSA) is 53.4 Å². The summed E-state index contributed by atoms with van der Waals surface area (Å²) in [5, 5.41) is 7.51. The molecule has 1 aromatic rings. The molecular weight excluding hydrogens is 338 g/mol. The van der Waals surface area contributed by atoms with Gasteiger partial charge in [0.05, 0.1) is 12.7 Å². The Kier molecular flexibility index (Phi) is 7.56. The number of amides is 2. The van der Waals surface area contributed by atoms with E-state index in [-0.39, 0.29) is 6.03 Å². The standard InChI is InChI=1S/C21H37N5O/c1-3-24(16-19-14-23-26(4-2)17-19)21(27)22-13-18-9-8-12-25(15-18)20-10-6-5-7-11-20/h14,17-18,20H,3-13,15-16H2,1-2H3,(H,22,27)/t18-/m0/s1. The van der Waals surface area contributed by atoms with Crippen molar-refractivity contribution in [3.05, 3.63) is 18.0 Å². The molecule has 0 spiro atoms. The Morgan fingerprint density at radius 3 is 2.74 bits per heavy atom. The third kappa shape index (κ3) is 5.71. The van der Waals surface area contributed by atoms with Crippen molar-refractivity contribution in [1.82, 2.24) is 24.9 Å². The average molecular weight is 376 g/mol. The maximum absolute atomic E-state index is 12.7. The van der Waals surface area contributed by atoms with E-state index in [1.54, 1.807) is 0 Å². The molecule has 2 amide bonds. The lowest BCUT2D eigenvalue weighted by Crippen LogP contribution is -2.48. The summed E-state index contributed by atoms with van der Waals surface area (Å²) in [4.78, 5) is 17.2. The number of hydrogen-bond acceptors (Lipinski definition) is 3. The molecule has 1 atom stereocenters. The number of aromatic nitrogens is 2. The smallest absolute Gasteiger partial charge is 0.317 e. The first kappa shape index (κ1) is 20.2. The third-order valence-corrected chi connectivity index (χ3v) is 6.24. The zero-order valence-electron chi connectivity index (χ0n) is 17.2. The van der Waals surface area contributed by atoms with Crippen LogP contribution in [0.1, 0.15) is 64.4 Å². The molecule has 1 saturated carbocycles. The fourth-order valence-corrected chi connectivity index (χ4v) is 4.59. The number of carbonyl (C=O) groups is 1. The molecule has 1 N–H and O–H groups in total. The number of hydrogen-bond donors (Lipinski definition) is 1. The Morgan fingerprint density at radius 2 is 2.04 bits per heavy atom. The molecule has 0 radical (unpaired) electrons. The highest BCUT2D eigenvalue weighted by Crippen LogP contribution is 2.26. The summed E-state index contributed by atoms with van der Waals surface area (Å²) in [6, 6.07) is 0.844. The Balaban J connectivity index is 1.45. The molecule has 0 unspecified atom stereocenters. The number of piperidine rings is 1. The Bertz CT molecular complexity index is 581. The maximum atomic E-state index is 12.7. The summed E-state index contributed by atoms with van der Waals surface area (Å²) in [6.07, 6.45) is 13.3. The number of likely N-dealkylation sites (tertiary alicyclic amines) is 1. The van der Waals surface area contributed by atoms with Crippen LogP contribution in [0.15, 0.2) is 12.4 Å². The molecule has 0 aromatic carbocycles. The Hall–Kier alpha value is -1.56. The van der Waals surface area contributed by atoms with Gasteiger partial charge in [0.1, 0.15) is 0 Å². The van der Waals surface area contributed by atoms with Crippen molar-refractivity contribution in [3.8, 4) is 0 Å². The van der Waals surface area contributed by atoms with E-state index in [1.807, 2.05) is 28.9 Å². The van der Waals surface area contributed by atoms with Crippen LogP contribution in [-0.4, -0.2) is 57.8 Å². The zero-order valence-corrected chi connectivity index (χ0v) is 17.2. The first-order valence-corrected chi connectivity index (χ1v) is 11.0. The normalized spacial score (nSPS) is 21.9. The molecule has 27 heavy (non-hydrogen) atoms. The molecule has 6 heteroatoms. The number of rotatable bonds is 7. The van der Waals surface area contributed by atoms with Crippen molar-refractivity contribution >= 4 is 6.03 Å². The van der Waals surface area contributed by atoms with Gasteiger partial charge >= 0.3 is 6.03 Å². The van der Waals surface area contributed by atoms with Crippen LogP contribution in [0, 0.1) is 5.92 Å². The number of nitrogens with one attached hydrogen (secondary N) is 1. The second-order valence-corrected chi connectivity index (χ2v) is 8.20. The van der Waals surface area contributed by atoms with Crippen LogP contribution in [0.2, 0.25) is 0 Å². The quantitative estimate of drug-likeness (QED) is 0.794. The molecule has 2 heterocycles. The lowest BCUT2D eigenvalue weighted by molar-refractivity contribution is 0.0978. The van der Waals surface area contributed by atoms with Gasteiger partial charge in [-0.25, -0.2) is 4.79 Å². The minimum Gasteiger partial charge on any atom is -0.338 e. The summed E-state index contributed by atoms with van der Waals surface area (Å²) < 4.78 is 1.91. The fourth-order valence-electron chi connectivity index (χ4n) is 4.59. The molecule has 2 fully saturated rings. The second-order valence-electron chi connectivity index (χ2n) is 8.20. The van der Waals surface area contributed by atoms with E-state index < -0.39 is 0 Å². The highest BCUT2D eigenvalue weighted by Gasteiger charge is 2.27. The molecule has 6 nitrogen and oxygen atoms in total. The van der Waals surface area contributed by atoms with Crippen LogP contribution in [0.5, 0.6) is 0 Å². The van der Waals surface area contributed by atoms with Crippen molar-refractivity contribution < 1.29 is 4.79 Å². The number of urea groups is 1. The highest BCUT2D eigenvalue weighted by atomic mass is 16.2. The van der Waals surface area contributed by atoms with Gasteiger partial charge in [0.2, 0.25) is 0 Å². The van der Waals surface area contributed by atoms with Crippen molar-refractivity contribution in [2.45, 2.75) is 77.9 Å². The highest BCUT2D eigenvalue weighted by molar-refractivity contribution is 5.74. The van der Waals surface area contributed by atoms with Gasteiger partial charge in [-0.05, 0) is 52.0 Å². The Labute approximate surface area is 164 Å². The molecule has 1 saturated heterocycles. The van der Waals surface area contributed by atoms with Crippen LogP contribution in [0.3, 0.4) is 0 Å². The SMILES string of the molecule is CCN(Cc1cnn(CC)c1)C(=O)NC[C@@H]1CCCN(C2CCCCC2)C1. The predicted molar refractivity (Wildman–Crippen MR) is 109 cm³/mol. The second kappa shape index (κ2) is 10.1. The van der Waals surface area contributed by atoms with Gasteiger partial charge in [-0.1, -0.05) is 19.3 Å². The first-order chi connectivity index (χ1) is 13.2. The van der Waals surface area contributed by atoms with E-state index in [9.17, 15) is 4.79 Å². The van der Waals surface area contributed by atoms with E-state index in [1.165, 1.54) is 51.5 Å². The number of aryl methyl sites for hydroxylation is 1. The molecule has 2 aliphatic rings. The zero-order chi connectivity index (χ0) is 19.1. The lowest BCUT2D eigenvalue weighted by Gasteiger charge is -2.40. The molecule has 0 bridgehead atoms. The van der Waals surface area contributed by atoms with E-state index in [4.69, 9.17) is 0 Å². The number of carbonyl (C=O) groups excluding carboxylic acids is 1. The predicted octanol–water partition coefficient (Wildman–Crippen LogP) is 3.48. The minimum absolute atomic E-state index is 0.0524. The van der Waals surface area contributed by atoms with E-state index >= 15 is 0 Å². The van der Waals surface area contributed by atoms with Gasteiger partial charge in [0, 0.05) is 44.0 Å². The van der Waals surface area contributed by atoms with Crippen molar-refractivity contribution in [3.63, 3.8) is 0 Å². The van der Waals surface area contributed by atoms with Gasteiger partial charge in [0.15, 0.2) is 0 Å². The van der Waals surface area contributed by atoms with Crippen LogP contribution >= 0.6 is 0 Å². The van der Waals surface area contributed by atoms with Gasteiger partial charge in [0.25, 0.3) is 0 Å². The molecular formula is C21H37N5O. The summed E-state index contributed by atoms with van der Waals surface area (Å²) >= 11 is 0. The van der Waals surface area contributed by atoms with Gasteiger partial charge < -0.3 is 15.1 Å². The van der Waals surface area contributed by atoms with E-state index in [0.29, 0.717) is 19.0 Å². The van der Waals surface area contributed by atoms with Crippen molar-refractivity contribution in [2.75, 3.05) is 26.2 Å². The van der Waals surface area contributed by atoms with E-state index in [2.05, 4.69) is 22.2 Å². The summed E-state index contributed by atoms with van der Waals surface area (Å²) in [5.74, 6) is 0.589. The largest absolute Gasteiger partial charge is 0.338 e. The average Bonchev–Trinajstić information content (AvgIpc) is 3.19. The van der Waals surface area contributed by atoms with Crippen LogP contribution in [0.25, 0.3) is 0 Å². The summed E-state index contributed by atoms with van der Waals surface area (Å²) in [5.41, 5.74) is 1.09. The van der Waals surface area contributed by atoms with Gasteiger partial charge in [-0.2, -0.15) is 5.10 Å². The summed E-state index contributed by atoms with van der Waals surface area (Å²) in [6.45, 7) is 9.50. The third-order valence-electron chi connectivity index (χ3n) is 6.24. The molecule has 1 aliphatic heterocycles.